The maximum atomic E-state index is 5.53. The van der Waals surface area contributed by atoms with Gasteiger partial charge in [-0.25, -0.2) is 4.98 Å². The van der Waals surface area contributed by atoms with E-state index >= 15 is 0 Å². The van der Waals surface area contributed by atoms with Gasteiger partial charge >= 0.3 is 0 Å². The van der Waals surface area contributed by atoms with Crippen LogP contribution in [0.15, 0.2) is 48.8 Å². The number of pyridine rings is 2. The summed E-state index contributed by atoms with van der Waals surface area (Å²) in [6, 6.07) is 12.2. The summed E-state index contributed by atoms with van der Waals surface area (Å²) in [5.41, 5.74) is 0.912. The van der Waals surface area contributed by atoms with E-state index in [1.165, 1.54) is 10.7 Å². The Hall–Kier alpha value is -2.25. The zero-order chi connectivity index (χ0) is 15.6. The van der Waals surface area contributed by atoms with Gasteiger partial charge in [-0.1, -0.05) is 12.1 Å². The van der Waals surface area contributed by atoms with E-state index < -0.39 is 0 Å². The fourth-order valence-corrected chi connectivity index (χ4v) is 3.35. The third-order valence-electron chi connectivity index (χ3n) is 4.37. The number of H-pyrrole nitrogens is 1. The highest BCUT2D eigenvalue weighted by Crippen LogP contribution is 2.05. The monoisotopic (exact) mass is 328 g/mol. The molecular formula is C16H20N6S+2. The zero-order valence-corrected chi connectivity index (χ0v) is 13.7. The van der Waals surface area contributed by atoms with Crippen molar-refractivity contribution in [3.8, 4) is 0 Å². The summed E-state index contributed by atoms with van der Waals surface area (Å²) in [7, 11) is 0. The molecule has 23 heavy (non-hydrogen) atoms. The lowest BCUT2D eigenvalue weighted by molar-refractivity contribution is -0.924. The number of nitrogens with one attached hydrogen (secondary N) is 2. The second kappa shape index (κ2) is 6.10. The van der Waals surface area contributed by atoms with Crippen LogP contribution in [0.3, 0.4) is 0 Å². The van der Waals surface area contributed by atoms with Crippen LogP contribution in [0, 0.1) is 4.77 Å². The van der Waals surface area contributed by atoms with E-state index in [0.717, 1.165) is 43.3 Å². The molecular weight excluding hydrogens is 308 g/mol. The molecule has 1 aliphatic rings. The lowest BCUT2D eigenvalue weighted by atomic mass is 10.3. The summed E-state index contributed by atoms with van der Waals surface area (Å²) in [5, 5.41) is 4.62. The van der Waals surface area contributed by atoms with Crippen molar-refractivity contribution in [3.05, 3.63) is 53.6 Å². The molecule has 4 rings (SSSR count). The fourth-order valence-electron chi connectivity index (χ4n) is 3.09. The smallest absolute Gasteiger partial charge is 0.274 e. The molecule has 0 aromatic carbocycles. The fraction of sp³-hybridized carbons (Fsp3) is 0.312. The third-order valence-corrected chi connectivity index (χ3v) is 4.77. The highest BCUT2D eigenvalue weighted by Gasteiger charge is 2.26. The van der Waals surface area contributed by atoms with Gasteiger partial charge in [-0.3, -0.25) is 9.30 Å². The Balaban J connectivity index is 1.45. The molecule has 1 aliphatic heterocycles. The summed E-state index contributed by atoms with van der Waals surface area (Å²) >= 11 is 5.53. The van der Waals surface area contributed by atoms with Crippen LogP contribution in [0.4, 0.5) is 5.82 Å². The zero-order valence-electron chi connectivity index (χ0n) is 12.9. The van der Waals surface area contributed by atoms with Crippen molar-refractivity contribution in [1.82, 2.24) is 14.2 Å². The standard InChI is InChI=1S/C16H18N6S/c23-16-21-8-4-2-6-15(21)18-22(16)13-19-9-11-20(12-10-19)14-5-1-3-7-17-14/h1-8H,9-13H2/p+2. The third kappa shape index (κ3) is 2.85. The van der Waals surface area contributed by atoms with Crippen molar-refractivity contribution in [2.45, 2.75) is 6.67 Å². The molecule has 0 saturated carbocycles. The van der Waals surface area contributed by atoms with Crippen molar-refractivity contribution >= 4 is 23.7 Å². The summed E-state index contributed by atoms with van der Waals surface area (Å²) in [4.78, 5) is 7.21. The first-order chi connectivity index (χ1) is 11.3. The van der Waals surface area contributed by atoms with E-state index in [9.17, 15) is 0 Å². The molecule has 0 radical (unpaired) electrons. The Labute approximate surface area is 139 Å². The predicted octanol–water partition coefficient (Wildman–Crippen LogP) is 0.0420. The van der Waals surface area contributed by atoms with Gasteiger partial charge in [-0.05, 0) is 30.4 Å². The summed E-state index contributed by atoms with van der Waals surface area (Å²) < 4.78 is 4.68. The Morgan fingerprint density at radius 1 is 1.13 bits per heavy atom. The number of piperazine rings is 1. The SMILES string of the molecule is S=c1n(C[NH+]2CCN(c3cccc[nH+]3)CC2)nc2ccccn12. The van der Waals surface area contributed by atoms with Crippen LogP contribution in [-0.2, 0) is 6.67 Å². The molecule has 1 saturated heterocycles. The summed E-state index contributed by atoms with van der Waals surface area (Å²) in [6.07, 6.45) is 3.95. The number of hydrogen-bond donors (Lipinski definition) is 1. The molecule has 0 aliphatic carbocycles. The van der Waals surface area contributed by atoms with E-state index in [-0.39, 0.29) is 0 Å². The van der Waals surface area contributed by atoms with Crippen LogP contribution in [0.1, 0.15) is 0 Å². The largest absolute Gasteiger partial charge is 0.310 e. The number of hydrogen-bond acceptors (Lipinski definition) is 3. The maximum absolute atomic E-state index is 5.53. The predicted molar refractivity (Wildman–Crippen MR) is 89.9 cm³/mol. The normalized spacial score (nSPS) is 16.1. The molecule has 4 heterocycles. The highest BCUT2D eigenvalue weighted by molar-refractivity contribution is 7.71. The first-order valence-corrected chi connectivity index (χ1v) is 8.31. The van der Waals surface area contributed by atoms with E-state index in [0.29, 0.717) is 0 Å². The van der Waals surface area contributed by atoms with Gasteiger partial charge in [-0.15, -0.1) is 5.10 Å². The molecule has 1 fully saturated rings. The van der Waals surface area contributed by atoms with Crippen LogP contribution in [0.2, 0.25) is 0 Å². The van der Waals surface area contributed by atoms with Crippen LogP contribution in [0.5, 0.6) is 0 Å². The van der Waals surface area contributed by atoms with Gasteiger partial charge in [0.2, 0.25) is 4.77 Å². The molecule has 7 heteroatoms. The highest BCUT2D eigenvalue weighted by atomic mass is 32.1. The number of nitrogens with zero attached hydrogens (tertiary/aromatic N) is 4. The number of anilines is 1. The minimum absolute atomic E-state index is 0.770. The second-order valence-electron chi connectivity index (χ2n) is 5.85. The van der Waals surface area contributed by atoms with E-state index in [2.05, 4.69) is 27.1 Å². The molecule has 2 N–H and O–H groups in total. The first-order valence-electron chi connectivity index (χ1n) is 7.91. The van der Waals surface area contributed by atoms with Gasteiger partial charge in [0.25, 0.3) is 5.82 Å². The Bertz CT molecular complexity index is 848. The van der Waals surface area contributed by atoms with Gasteiger partial charge < -0.3 is 4.90 Å². The first kappa shape index (κ1) is 14.3. The number of aromatic amines is 1. The topological polar surface area (TPSA) is 44.0 Å². The lowest BCUT2D eigenvalue weighted by Crippen LogP contribution is -3.14. The van der Waals surface area contributed by atoms with E-state index in [4.69, 9.17) is 12.2 Å². The van der Waals surface area contributed by atoms with Crippen molar-refractivity contribution < 1.29 is 9.88 Å². The quantitative estimate of drug-likeness (QED) is 0.691. The number of quaternary nitrogens is 1. The molecule has 0 bridgehead atoms. The van der Waals surface area contributed by atoms with Crippen molar-refractivity contribution in [2.75, 3.05) is 31.1 Å². The van der Waals surface area contributed by atoms with Crippen LogP contribution in [0.25, 0.3) is 5.65 Å². The summed E-state index contributed by atoms with van der Waals surface area (Å²) in [5.74, 6) is 1.19. The number of fused-ring (bicyclic) bond motifs is 1. The molecule has 0 spiro atoms. The van der Waals surface area contributed by atoms with Crippen LogP contribution in [-0.4, -0.2) is 40.4 Å². The Morgan fingerprint density at radius 3 is 2.70 bits per heavy atom. The van der Waals surface area contributed by atoms with Crippen molar-refractivity contribution in [3.63, 3.8) is 0 Å². The second-order valence-corrected chi connectivity index (χ2v) is 6.22. The van der Waals surface area contributed by atoms with Gasteiger partial charge in [0.15, 0.2) is 12.3 Å². The average molecular weight is 328 g/mol. The molecule has 3 aromatic rings. The molecule has 118 valence electrons. The maximum Gasteiger partial charge on any atom is 0.274 e. The van der Waals surface area contributed by atoms with Gasteiger partial charge in [0.05, 0.1) is 6.20 Å². The molecule has 3 aromatic heterocycles. The van der Waals surface area contributed by atoms with Gasteiger partial charge in [0.1, 0.15) is 26.2 Å². The molecule has 0 unspecified atom stereocenters. The minimum atomic E-state index is 0.770. The summed E-state index contributed by atoms with van der Waals surface area (Å²) in [6.45, 7) is 5.07. The van der Waals surface area contributed by atoms with E-state index in [1.807, 2.05) is 45.7 Å². The molecule has 6 nitrogen and oxygen atoms in total. The van der Waals surface area contributed by atoms with Crippen LogP contribution < -0.4 is 14.8 Å². The minimum Gasteiger partial charge on any atom is -0.310 e. The number of rotatable bonds is 3. The molecule has 0 amide bonds. The average Bonchev–Trinajstić information content (AvgIpc) is 2.93. The lowest BCUT2D eigenvalue weighted by Gasteiger charge is -2.27. The van der Waals surface area contributed by atoms with Crippen molar-refractivity contribution in [1.29, 1.82) is 0 Å². The van der Waals surface area contributed by atoms with E-state index in [1.54, 1.807) is 0 Å². The Morgan fingerprint density at radius 2 is 1.96 bits per heavy atom. The molecule has 0 atom stereocenters. The Kier molecular flexibility index (Phi) is 3.80. The van der Waals surface area contributed by atoms with Crippen LogP contribution >= 0.6 is 12.2 Å². The van der Waals surface area contributed by atoms with Crippen molar-refractivity contribution in [2.24, 2.45) is 0 Å². The van der Waals surface area contributed by atoms with Gasteiger partial charge in [0, 0.05) is 12.3 Å². The number of aromatic nitrogens is 4. The van der Waals surface area contributed by atoms with Gasteiger partial charge in [-0.2, -0.15) is 4.68 Å².